The smallest absolute Gasteiger partial charge is 0.251 e. The molecule has 2 atom stereocenters. The third kappa shape index (κ3) is 2.22. The van der Waals surface area contributed by atoms with Gasteiger partial charge in [-0.25, -0.2) is 0 Å². The SMILES string of the molecule is N#C[C@@H]1CCC[C@H]1NC(=O)c1ccccc1. The lowest BCUT2D eigenvalue weighted by Gasteiger charge is -2.15. The van der Waals surface area contributed by atoms with Gasteiger partial charge in [0.05, 0.1) is 12.0 Å². The summed E-state index contributed by atoms with van der Waals surface area (Å²) in [6, 6.07) is 11.4. The van der Waals surface area contributed by atoms with Crippen LogP contribution in [-0.4, -0.2) is 11.9 Å². The Bertz CT molecular complexity index is 408. The van der Waals surface area contributed by atoms with Gasteiger partial charge in [-0.05, 0) is 31.4 Å². The number of benzene rings is 1. The van der Waals surface area contributed by atoms with Gasteiger partial charge in [-0.15, -0.1) is 0 Å². The molecule has 1 aliphatic carbocycles. The molecular formula is C13H14N2O. The van der Waals surface area contributed by atoms with Crippen molar-refractivity contribution < 1.29 is 4.79 Å². The second-order valence-corrected chi connectivity index (χ2v) is 4.11. The zero-order chi connectivity index (χ0) is 11.4. The summed E-state index contributed by atoms with van der Waals surface area (Å²) < 4.78 is 0. The maximum atomic E-state index is 11.8. The fourth-order valence-electron chi connectivity index (χ4n) is 2.13. The molecule has 1 N–H and O–H groups in total. The summed E-state index contributed by atoms with van der Waals surface area (Å²) in [5.41, 5.74) is 0.658. The largest absolute Gasteiger partial charge is 0.348 e. The van der Waals surface area contributed by atoms with Crippen molar-refractivity contribution in [2.45, 2.75) is 25.3 Å². The van der Waals surface area contributed by atoms with Gasteiger partial charge >= 0.3 is 0 Å². The number of amides is 1. The molecule has 0 radical (unpaired) electrons. The van der Waals surface area contributed by atoms with Gasteiger partial charge in [-0.2, -0.15) is 5.26 Å². The van der Waals surface area contributed by atoms with Crippen molar-refractivity contribution in [3.05, 3.63) is 35.9 Å². The quantitative estimate of drug-likeness (QED) is 0.819. The van der Waals surface area contributed by atoms with E-state index >= 15 is 0 Å². The molecule has 0 bridgehead atoms. The Morgan fingerprint density at radius 1 is 1.31 bits per heavy atom. The first-order valence-corrected chi connectivity index (χ1v) is 5.57. The van der Waals surface area contributed by atoms with E-state index in [4.69, 9.17) is 5.26 Å². The molecule has 0 heterocycles. The molecule has 16 heavy (non-hydrogen) atoms. The molecule has 0 spiro atoms. The molecule has 0 unspecified atom stereocenters. The predicted molar refractivity (Wildman–Crippen MR) is 60.7 cm³/mol. The first kappa shape index (κ1) is 10.7. The number of hydrogen-bond acceptors (Lipinski definition) is 2. The third-order valence-corrected chi connectivity index (χ3v) is 3.03. The number of carbonyl (C=O) groups excluding carboxylic acids is 1. The van der Waals surface area contributed by atoms with Crippen LogP contribution in [0.4, 0.5) is 0 Å². The van der Waals surface area contributed by atoms with Crippen LogP contribution in [0.3, 0.4) is 0 Å². The highest BCUT2D eigenvalue weighted by atomic mass is 16.1. The number of rotatable bonds is 2. The summed E-state index contributed by atoms with van der Waals surface area (Å²) >= 11 is 0. The van der Waals surface area contributed by atoms with Crippen LogP contribution in [0.25, 0.3) is 0 Å². The first-order valence-electron chi connectivity index (χ1n) is 5.57. The molecule has 82 valence electrons. The van der Waals surface area contributed by atoms with Gasteiger partial charge in [0.1, 0.15) is 0 Å². The maximum Gasteiger partial charge on any atom is 0.251 e. The Hall–Kier alpha value is -1.82. The number of nitrogens with one attached hydrogen (secondary N) is 1. The molecule has 1 aromatic rings. The molecule has 2 rings (SSSR count). The molecule has 3 heteroatoms. The fraction of sp³-hybridized carbons (Fsp3) is 0.385. The van der Waals surface area contributed by atoms with E-state index in [1.807, 2.05) is 18.2 Å². The fourth-order valence-corrected chi connectivity index (χ4v) is 2.13. The van der Waals surface area contributed by atoms with Crippen LogP contribution in [0.15, 0.2) is 30.3 Å². The van der Waals surface area contributed by atoms with E-state index in [2.05, 4.69) is 11.4 Å². The van der Waals surface area contributed by atoms with Crippen LogP contribution >= 0.6 is 0 Å². The normalized spacial score (nSPS) is 23.7. The van der Waals surface area contributed by atoms with Crippen LogP contribution in [0.2, 0.25) is 0 Å². The van der Waals surface area contributed by atoms with Crippen LogP contribution < -0.4 is 5.32 Å². The number of carbonyl (C=O) groups is 1. The van der Waals surface area contributed by atoms with E-state index in [0.29, 0.717) is 5.56 Å². The summed E-state index contributed by atoms with van der Waals surface area (Å²) in [6.07, 6.45) is 2.84. The molecule has 0 saturated heterocycles. The highest BCUT2D eigenvalue weighted by Gasteiger charge is 2.28. The Morgan fingerprint density at radius 2 is 2.06 bits per heavy atom. The standard InChI is InChI=1S/C13H14N2O/c14-9-11-7-4-8-12(11)15-13(16)10-5-2-1-3-6-10/h1-3,5-6,11-12H,4,7-8H2,(H,15,16)/t11-,12+/m0/s1. The van der Waals surface area contributed by atoms with E-state index < -0.39 is 0 Å². The lowest BCUT2D eigenvalue weighted by Crippen LogP contribution is -2.36. The van der Waals surface area contributed by atoms with Crippen molar-refractivity contribution in [1.29, 1.82) is 5.26 Å². The second-order valence-electron chi connectivity index (χ2n) is 4.11. The zero-order valence-electron chi connectivity index (χ0n) is 9.02. The summed E-state index contributed by atoms with van der Waals surface area (Å²) in [7, 11) is 0. The van der Waals surface area contributed by atoms with Gasteiger partial charge in [0, 0.05) is 11.6 Å². The highest BCUT2D eigenvalue weighted by Crippen LogP contribution is 2.25. The van der Waals surface area contributed by atoms with E-state index in [-0.39, 0.29) is 17.9 Å². The molecule has 1 aromatic carbocycles. The summed E-state index contributed by atoms with van der Waals surface area (Å²) in [5, 5.41) is 11.9. The van der Waals surface area contributed by atoms with Crippen molar-refractivity contribution in [2.24, 2.45) is 5.92 Å². The van der Waals surface area contributed by atoms with Crippen molar-refractivity contribution >= 4 is 5.91 Å². The molecule has 1 fully saturated rings. The lowest BCUT2D eigenvalue weighted by atomic mass is 10.1. The van der Waals surface area contributed by atoms with Crippen LogP contribution in [0.1, 0.15) is 29.6 Å². The Balaban J connectivity index is 2.01. The van der Waals surface area contributed by atoms with Gasteiger partial charge in [-0.3, -0.25) is 4.79 Å². The molecule has 0 aromatic heterocycles. The van der Waals surface area contributed by atoms with Crippen molar-refractivity contribution in [1.82, 2.24) is 5.32 Å². The van der Waals surface area contributed by atoms with Crippen LogP contribution in [-0.2, 0) is 0 Å². The van der Waals surface area contributed by atoms with Gasteiger partial charge in [-0.1, -0.05) is 18.2 Å². The average Bonchev–Trinajstić information content (AvgIpc) is 2.77. The third-order valence-electron chi connectivity index (χ3n) is 3.03. The summed E-state index contributed by atoms with van der Waals surface area (Å²) in [6.45, 7) is 0. The van der Waals surface area contributed by atoms with Crippen LogP contribution in [0.5, 0.6) is 0 Å². The molecular weight excluding hydrogens is 200 g/mol. The molecule has 3 nitrogen and oxygen atoms in total. The van der Waals surface area contributed by atoms with E-state index in [1.54, 1.807) is 12.1 Å². The summed E-state index contributed by atoms with van der Waals surface area (Å²) in [5.74, 6) is -0.0968. The maximum absolute atomic E-state index is 11.8. The highest BCUT2D eigenvalue weighted by molar-refractivity contribution is 5.94. The van der Waals surface area contributed by atoms with E-state index in [0.717, 1.165) is 19.3 Å². The first-order chi connectivity index (χ1) is 7.81. The number of nitriles is 1. The topological polar surface area (TPSA) is 52.9 Å². The zero-order valence-corrected chi connectivity index (χ0v) is 9.02. The van der Waals surface area contributed by atoms with Crippen LogP contribution in [0, 0.1) is 17.2 Å². The second kappa shape index (κ2) is 4.80. The Labute approximate surface area is 95.1 Å². The Kier molecular flexibility index (Phi) is 3.21. The molecule has 1 aliphatic rings. The average molecular weight is 214 g/mol. The van der Waals surface area contributed by atoms with Gasteiger partial charge in [0.2, 0.25) is 0 Å². The van der Waals surface area contributed by atoms with Gasteiger partial charge in [0.15, 0.2) is 0 Å². The minimum absolute atomic E-state index is 0.0207. The molecule has 1 saturated carbocycles. The summed E-state index contributed by atoms with van der Waals surface area (Å²) in [4.78, 5) is 11.8. The Morgan fingerprint density at radius 3 is 2.75 bits per heavy atom. The monoisotopic (exact) mass is 214 g/mol. The minimum atomic E-state index is -0.0762. The van der Waals surface area contributed by atoms with Gasteiger partial charge in [0.25, 0.3) is 5.91 Å². The number of hydrogen-bond donors (Lipinski definition) is 1. The van der Waals surface area contributed by atoms with Crippen molar-refractivity contribution in [3.8, 4) is 6.07 Å². The van der Waals surface area contributed by atoms with E-state index in [9.17, 15) is 4.79 Å². The van der Waals surface area contributed by atoms with Gasteiger partial charge < -0.3 is 5.32 Å². The lowest BCUT2D eigenvalue weighted by molar-refractivity contribution is 0.0933. The van der Waals surface area contributed by atoms with E-state index in [1.165, 1.54) is 0 Å². The van der Waals surface area contributed by atoms with Crippen molar-refractivity contribution in [3.63, 3.8) is 0 Å². The van der Waals surface area contributed by atoms with Crippen molar-refractivity contribution in [2.75, 3.05) is 0 Å². The number of nitrogens with zero attached hydrogens (tertiary/aromatic N) is 1. The minimum Gasteiger partial charge on any atom is -0.348 e. The predicted octanol–water partition coefficient (Wildman–Crippen LogP) is 2.11. The molecule has 0 aliphatic heterocycles. The molecule has 1 amide bonds.